The van der Waals surface area contributed by atoms with Crippen LogP contribution in [-0.2, 0) is 6.42 Å². The van der Waals surface area contributed by atoms with Crippen molar-refractivity contribution >= 4 is 12.2 Å². The van der Waals surface area contributed by atoms with Crippen molar-refractivity contribution in [1.82, 2.24) is 10.4 Å². The summed E-state index contributed by atoms with van der Waals surface area (Å²) in [5.41, 5.74) is 7.83. The largest absolute Gasteiger partial charge is 0.507 e. The number of aryl methyl sites for hydroxylation is 2. The minimum Gasteiger partial charge on any atom is -0.507 e. The van der Waals surface area contributed by atoms with Crippen molar-refractivity contribution in [3.05, 3.63) is 76.4 Å². The van der Waals surface area contributed by atoms with Gasteiger partial charge in [0, 0.05) is 30.3 Å². The molecule has 0 fully saturated rings. The summed E-state index contributed by atoms with van der Waals surface area (Å²) in [6, 6.07) is 9.31. The van der Waals surface area contributed by atoms with Crippen molar-refractivity contribution in [2.75, 3.05) is 13.6 Å². The Bertz CT molecular complexity index is 923. The van der Waals surface area contributed by atoms with Crippen molar-refractivity contribution in [3.8, 4) is 5.75 Å². The van der Waals surface area contributed by atoms with E-state index in [0.29, 0.717) is 17.5 Å². The lowest BCUT2D eigenvalue weighted by Crippen LogP contribution is -2.43. The van der Waals surface area contributed by atoms with Crippen LogP contribution in [-0.4, -0.2) is 35.9 Å². The number of carbonyl (C=O) groups is 2. The molecule has 2 aromatic rings. The van der Waals surface area contributed by atoms with Gasteiger partial charge in [-0.05, 0) is 56.4 Å². The highest BCUT2D eigenvalue weighted by atomic mass is 16.3. The Morgan fingerprint density at radius 3 is 2.06 bits per heavy atom. The molecule has 5 nitrogen and oxygen atoms in total. The van der Waals surface area contributed by atoms with E-state index in [2.05, 4.69) is 46.6 Å². The molecule has 0 aliphatic heterocycles. The molecule has 2 rings (SSSR count). The Morgan fingerprint density at radius 2 is 1.62 bits per heavy atom. The number of carbonyl (C=O) groups excluding carboxylic acids is 2. The molecule has 0 radical (unpaired) electrons. The molecule has 0 saturated heterocycles. The quantitative estimate of drug-likeness (QED) is 0.285. The summed E-state index contributed by atoms with van der Waals surface area (Å²) in [4.78, 5) is 22.6. The van der Waals surface area contributed by atoms with Gasteiger partial charge in [-0.25, -0.2) is 5.01 Å². The second kappa shape index (κ2) is 15.1. The zero-order valence-electron chi connectivity index (χ0n) is 22.6. The van der Waals surface area contributed by atoms with E-state index < -0.39 is 0 Å². The fourth-order valence-corrected chi connectivity index (χ4v) is 3.39. The molecular weight excluding hydrogens is 424 g/mol. The first-order valence-corrected chi connectivity index (χ1v) is 11.8. The predicted molar refractivity (Wildman–Crippen MR) is 144 cm³/mol. The average Bonchev–Trinajstić information content (AvgIpc) is 2.70. The summed E-state index contributed by atoms with van der Waals surface area (Å²) in [6.07, 6.45) is 4.43. The molecule has 1 amide bonds. The number of hydrogen-bond donors (Lipinski definition) is 2. The highest BCUT2D eigenvalue weighted by molar-refractivity contribution is 5.96. The number of aldehydes is 1. The normalized spacial score (nSPS) is 10.4. The van der Waals surface area contributed by atoms with Gasteiger partial charge in [0.2, 0.25) is 0 Å². The van der Waals surface area contributed by atoms with E-state index in [-0.39, 0.29) is 17.1 Å². The molecule has 0 aliphatic rings. The number of phenols is 1. The highest BCUT2D eigenvalue weighted by Crippen LogP contribution is 2.26. The van der Waals surface area contributed by atoms with E-state index in [1.807, 2.05) is 39.1 Å². The van der Waals surface area contributed by atoms with E-state index in [4.69, 9.17) is 0 Å². The molecular formula is C29H44N2O3. The molecule has 0 spiro atoms. The molecule has 0 aliphatic carbocycles. The molecule has 0 saturated carbocycles. The minimum absolute atomic E-state index is 0.0903. The summed E-state index contributed by atoms with van der Waals surface area (Å²) in [5.74, 6) is -0.0410. The van der Waals surface area contributed by atoms with Crippen LogP contribution >= 0.6 is 0 Å². The van der Waals surface area contributed by atoms with Gasteiger partial charge in [0.15, 0.2) is 0 Å². The van der Waals surface area contributed by atoms with Crippen molar-refractivity contribution < 1.29 is 14.7 Å². The molecule has 0 heterocycles. The van der Waals surface area contributed by atoms with Gasteiger partial charge >= 0.3 is 0 Å². The van der Waals surface area contributed by atoms with Crippen molar-refractivity contribution in [2.45, 2.75) is 68.2 Å². The molecule has 0 aromatic heterocycles. The van der Waals surface area contributed by atoms with Crippen LogP contribution in [0.15, 0.2) is 43.0 Å². The van der Waals surface area contributed by atoms with Crippen LogP contribution in [0.5, 0.6) is 5.75 Å². The lowest BCUT2D eigenvalue weighted by Gasteiger charge is -2.27. The number of allylic oxidation sites excluding steroid dienone is 1. The number of hydrogen-bond acceptors (Lipinski definition) is 4. The third kappa shape index (κ3) is 11.8. The molecule has 0 bridgehead atoms. The Hall–Kier alpha value is -2.92. The number of nitrogens with zero attached hydrogens (tertiary/aromatic N) is 1. The standard InChI is InChI=1S/C17H26N2O2.C9H10O.C3H8/c1-7-8-13-9-10-14(12(2)15(13)20)16(21)18-19(6)11-17(3,4)5;1-7-3-8(2)5-9(4-7)6-10;1-3-2/h7,9-10,20H,1,8,11H2,2-6H3,(H,18,21);3-6H,1-2H3;3H2,1-2H3. The number of amides is 1. The Balaban J connectivity index is 0.000000692. The van der Waals surface area contributed by atoms with Crippen LogP contribution in [0.25, 0.3) is 0 Å². The molecule has 5 heteroatoms. The topological polar surface area (TPSA) is 69.6 Å². The summed E-state index contributed by atoms with van der Waals surface area (Å²) in [5, 5.41) is 11.9. The molecule has 2 aromatic carbocycles. The van der Waals surface area contributed by atoms with Crippen LogP contribution < -0.4 is 5.43 Å². The van der Waals surface area contributed by atoms with Crippen LogP contribution in [0.3, 0.4) is 0 Å². The van der Waals surface area contributed by atoms with Crippen LogP contribution in [0.2, 0.25) is 0 Å². The first-order valence-electron chi connectivity index (χ1n) is 11.8. The van der Waals surface area contributed by atoms with E-state index in [1.165, 1.54) is 6.42 Å². The number of rotatable bonds is 6. The SMILES string of the molecule is C=CCc1ccc(C(=O)NN(C)CC(C)(C)C)c(C)c1O.CCC.Cc1cc(C)cc(C=O)c1. The smallest absolute Gasteiger partial charge is 0.265 e. The van der Waals surface area contributed by atoms with Gasteiger partial charge in [-0.15, -0.1) is 6.58 Å². The predicted octanol–water partition coefficient (Wildman–Crippen LogP) is 6.58. The van der Waals surface area contributed by atoms with Crippen LogP contribution in [0, 0.1) is 26.2 Å². The number of nitrogens with one attached hydrogen (secondary N) is 1. The third-order valence-electron chi connectivity index (χ3n) is 4.51. The number of benzene rings is 2. The molecule has 0 atom stereocenters. The average molecular weight is 469 g/mol. The summed E-state index contributed by atoms with van der Waals surface area (Å²) in [6.45, 7) is 20.7. The fourth-order valence-electron chi connectivity index (χ4n) is 3.39. The van der Waals surface area contributed by atoms with E-state index >= 15 is 0 Å². The lowest BCUT2D eigenvalue weighted by atomic mass is 9.97. The van der Waals surface area contributed by atoms with Gasteiger partial charge in [0.1, 0.15) is 12.0 Å². The maximum Gasteiger partial charge on any atom is 0.265 e. The fraction of sp³-hybridized carbons (Fsp3) is 0.448. The van der Waals surface area contributed by atoms with Crippen LogP contribution in [0.4, 0.5) is 0 Å². The van der Waals surface area contributed by atoms with E-state index in [9.17, 15) is 14.7 Å². The second-order valence-corrected chi connectivity index (χ2v) is 9.84. The lowest BCUT2D eigenvalue weighted by molar-refractivity contribution is 0.0778. The van der Waals surface area contributed by atoms with Crippen molar-refractivity contribution in [1.29, 1.82) is 0 Å². The Labute approximate surface area is 206 Å². The minimum atomic E-state index is -0.209. The highest BCUT2D eigenvalue weighted by Gasteiger charge is 2.18. The number of aromatic hydroxyl groups is 1. The van der Waals surface area contributed by atoms with Crippen LogP contribution in [0.1, 0.15) is 84.0 Å². The van der Waals surface area contributed by atoms with Gasteiger partial charge in [-0.3, -0.25) is 15.0 Å². The monoisotopic (exact) mass is 468 g/mol. The van der Waals surface area contributed by atoms with E-state index in [1.54, 1.807) is 30.1 Å². The molecule has 0 unspecified atom stereocenters. The van der Waals surface area contributed by atoms with Gasteiger partial charge < -0.3 is 5.11 Å². The first-order chi connectivity index (χ1) is 15.8. The zero-order chi connectivity index (χ0) is 26.5. The number of hydrazine groups is 1. The van der Waals surface area contributed by atoms with Gasteiger partial charge in [-0.1, -0.05) is 70.4 Å². The maximum atomic E-state index is 12.3. The van der Waals surface area contributed by atoms with Crippen molar-refractivity contribution in [3.63, 3.8) is 0 Å². The van der Waals surface area contributed by atoms with Gasteiger partial charge in [0.05, 0.1) is 0 Å². The molecule has 34 heavy (non-hydrogen) atoms. The molecule has 2 N–H and O–H groups in total. The second-order valence-electron chi connectivity index (χ2n) is 9.84. The summed E-state index contributed by atoms with van der Waals surface area (Å²) in [7, 11) is 1.84. The van der Waals surface area contributed by atoms with Gasteiger partial charge in [0.25, 0.3) is 5.91 Å². The Kier molecular flexibility index (Phi) is 13.8. The summed E-state index contributed by atoms with van der Waals surface area (Å²) < 4.78 is 0. The summed E-state index contributed by atoms with van der Waals surface area (Å²) >= 11 is 0. The third-order valence-corrected chi connectivity index (χ3v) is 4.51. The number of phenolic OH excluding ortho intramolecular Hbond substituents is 1. The maximum absolute atomic E-state index is 12.3. The zero-order valence-corrected chi connectivity index (χ0v) is 22.6. The Morgan fingerprint density at radius 1 is 1.09 bits per heavy atom. The first kappa shape index (κ1) is 31.1. The van der Waals surface area contributed by atoms with Crippen molar-refractivity contribution in [2.24, 2.45) is 5.41 Å². The molecule has 188 valence electrons. The van der Waals surface area contributed by atoms with E-state index in [0.717, 1.165) is 35.1 Å². The van der Waals surface area contributed by atoms with Gasteiger partial charge in [-0.2, -0.15) is 0 Å².